The molecule has 6 heteroatoms. The van der Waals surface area contributed by atoms with Gasteiger partial charge in [0, 0.05) is 49.7 Å². The third-order valence-electron chi connectivity index (χ3n) is 3.60. The summed E-state index contributed by atoms with van der Waals surface area (Å²) in [6.45, 7) is 0. The van der Waals surface area contributed by atoms with Crippen molar-refractivity contribution in [3.63, 3.8) is 0 Å². The zero-order chi connectivity index (χ0) is 16.9. The van der Waals surface area contributed by atoms with E-state index in [2.05, 4.69) is 66.0 Å². The van der Waals surface area contributed by atoms with Crippen LogP contribution in [0.1, 0.15) is 16.8 Å². The number of nitriles is 1. The van der Waals surface area contributed by atoms with Crippen LogP contribution >= 0.6 is 46.3 Å². The van der Waals surface area contributed by atoms with Crippen LogP contribution in [0, 0.1) is 11.3 Å². The van der Waals surface area contributed by atoms with E-state index in [-0.39, 0.29) is 0 Å². The molecule has 0 bridgehead atoms. The quantitative estimate of drug-likeness (QED) is 0.308. The number of benzene rings is 2. The number of nitrogens with zero attached hydrogens (tertiary/aromatic N) is 2. The van der Waals surface area contributed by atoms with Crippen LogP contribution in [-0.2, 0) is 6.42 Å². The first-order valence-corrected chi connectivity index (χ1v) is 11.2. The molecular formula is C18H12BrIN2OS. The number of aromatic nitrogens is 1. The Labute approximate surface area is 165 Å². The van der Waals surface area contributed by atoms with Crippen molar-refractivity contribution in [1.29, 1.82) is 5.26 Å². The molecule has 0 saturated heterocycles. The fourth-order valence-corrected chi connectivity index (χ4v) is 3.76. The zero-order valence-corrected chi connectivity index (χ0v) is 17.0. The Balaban J connectivity index is 1.90. The molecule has 0 spiro atoms. The average Bonchev–Trinajstić information content (AvgIpc) is 3.03. The maximum Gasteiger partial charge on any atom is 0.138 e. The van der Waals surface area contributed by atoms with Gasteiger partial charge in [0.05, 0.1) is 5.56 Å². The highest BCUT2D eigenvalue weighted by Crippen LogP contribution is 2.25. The van der Waals surface area contributed by atoms with Gasteiger partial charge in [-0.25, -0.2) is 0 Å². The maximum absolute atomic E-state index is 9.06. The summed E-state index contributed by atoms with van der Waals surface area (Å²) in [4.78, 5) is 0. The molecule has 0 atom stereocenters. The fraction of sp³-hybridized carbons (Fsp3) is 0.0556. The molecule has 1 aromatic heterocycles. The van der Waals surface area contributed by atoms with Crippen molar-refractivity contribution >= 4 is 46.3 Å². The van der Waals surface area contributed by atoms with E-state index in [1.807, 2.05) is 42.6 Å². The number of halogens is 2. The van der Waals surface area contributed by atoms with Crippen LogP contribution in [0.15, 0.2) is 65.3 Å². The van der Waals surface area contributed by atoms with Crippen molar-refractivity contribution in [2.45, 2.75) is 6.42 Å². The van der Waals surface area contributed by atoms with E-state index in [0.29, 0.717) is 5.56 Å². The molecule has 0 amide bonds. The zero-order valence-electron chi connectivity index (χ0n) is 12.4. The van der Waals surface area contributed by atoms with Gasteiger partial charge in [0.2, 0.25) is 0 Å². The van der Waals surface area contributed by atoms with Crippen LogP contribution in [0.4, 0.5) is 0 Å². The Morgan fingerprint density at radius 2 is 2.04 bits per heavy atom. The fourth-order valence-electron chi connectivity index (χ4n) is 2.51. The van der Waals surface area contributed by atoms with Gasteiger partial charge in [-0.3, -0.25) is 0 Å². The van der Waals surface area contributed by atoms with Gasteiger partial charge in [-0.2, -0.15) is 5.26 Å². The molecule has 0 fully saturated rings. The molecule has 0 unspecified atom stereocenters. The van der Waals surface area contributed by atoms with E-state index < -0.39 is 0 Å². The molecule has 3 aromatic rings. The minimum atomic E-state index is 0.633. The normalized spacial score (nSPS) is 10.4. The SMILES string of the molecule is N#Cc1ccc(-n2cccc2Cc2cccc(OSI)c2)cc1Br. The van der Waals surface area contributed by atoms with Gasteiger partial charge in [-0.1, -0.05) is 12.1 Å². The van der Waals surface area contributed by atoms with Crippen LogP contribution in [0.2, 0.25) is 0 Å². The minimum Gasteiger partial charge on any atom is -0.415 e. The van der Waals surface area contributed by atoms with Gasteiger partial charge in [0.25, 0.3) is 0 Å². The Bertz CT molecular complexity index is 904. The maximum atomic E-state index is 9.06. The summed E-state index contributed by atoms with van der Waals surface area (Å²) in [6.07, 6.45) is 2.83. The molecule has 2 aromatic carbocycles. The molecule has 0 radical (unpaired) electrons. The average molecular weight is 511 g/mol. The van der Waals surface area contributed by atoms with Gasteiger partial charge in [-0.05, 0) is 64.0 Å². The lowest BCUT2D eigenvalue weighted by Crippen LogP contribution is -2.00. The number of hydrogen-bond acceptors (Lipinski definition) is 3. The summed E-state index contributed by atoms with van der Waals surface area (Å²) >= 11 is 5.57. The van der Waals surface area contributed by atoms with Gasteiger partial charge >= 0.3 is 0 Å². The molecule has 1 heterocycles. The summed E-state index contributed by atoms with van der Waals surface area (Å²) in [5.74, 6) is 0.853. The third-order valence-corrected chi connectivity index (χ3v) is 5.05. The monoisotopic (exact) mass is 510 g/mol. The lowest BCUT2D eigenvalue weighted by atomic mass is 10.1. The topological polar surface area (TPSA) is 38.0 Å². The first-order valence-electron chi connectivity index (χ1n) is 7.11. The lowest BCUT2D eigenvalue weighted by molar-refractivity contribution is 0.656. The molecule has 24 heavy (non-hydrogen) atoms. The predicted octanol–water partition coefficient (Wildman–Crippen LogP) is 6.08. The minimum absolute atomic E-state index is 0.633. The van der Waals surface area contributed by atoms with E-state index in [1.54, 1.807) is 0 Å². The Kier molecular flexibility index (Phi) is 5.87. The lowest BCUT2D eigenvalue weighted by Gasteiger charge is -2.11. The summed E-state index contributed by atoms with van der Waals surface area (Å²) in [5, 5.41) is 9.06. The van der Waals surface area contributed by atoms with Crippen molar-refractivity contribution in [2.75, 3.05) is 0 Å². The summed E-state index contributed by atoms with van der Waals surface area (Å²) in [5.41, 5.74) is 4.01. The summed E-state index contributed by atoms with van der Waals surface area (Å²) in [6, 6.07) is 20.2. The van der Waals surface area contributed by atoms with Crippen LogP contribution in [0.3, 0.4) is 0 Å². The Morgan fingerprint density at radius 3 is 2.79 bits per heavy atom. The second-order valence-corrected chi connectivity index (χ2v) is 7.34. The first-order chi connectivity index (χ1) is 11.7. The molecule has 0 aliphatic heterocycles. The highest BCUT2D eigenvalue weighted by molar-refractivity contribution is 14.2. The van der Waals surface area contributed by atoms with Gasteiger partial charge in [0.15, 0.2) is 0 Å². The second kappa shape index (κ2) is 8.10. The number of rotatable bonds is 5. The summed E-state index contributed by atoms with van der Waals surface area (Å²) < 4.78 is 8.42. The van der Waals surface area contributed by atoms with Crippen LogP contribution in [0.25, 0.3) is 5.69 Å². The highest BCUT2D eigenvalue weighted by Gasteiger charge is 2.08. The van der Waals surface area contributed by atoms with E-state index >= 15 is 0 Å². The van der Waals surface area contributed by atoms with Crippen molar-refractivity contribution in [2.24, 2.45) is 0 Å². The van der Waals surface area contributed by atoms with E-state index in [4.69, 9.17) is 9.44 Å². The van der Waals surface area contributed by atoms with E-state index in [1.165, 1.54) is 20.5 Å². The number of hydrogen-bond donors (Lipinski definition) is 0. The summed E-state index contributed by atoms with van der Waals surface area (Å²) in [7, 11) is 1.31. The van der Waals surface area contributed by atoms with Crippen molar-refractivity contribution in [3.8, 4) is 17.5 Å². The predicted molar refractivity (Wildman–Crippen MR) is 110 cm³/mol. The standard InChI is InChI=1S/C18H12BrIN2OS/c19-18-11-16(7-6-14(18)12-21)22-8-2-4-15(22)9-13-3-1-5-17(10-13)23-24-20/h1-8,10-11H,9H2. The molecule has 0 saturated carbocycles. The van der Waals surface area contributed by atoms with Crippen molar-refractivity contribution < 1.29 is 4.18 Å². The Morgan fingerprint density at radius 1 is 1.17 bits per heavy atom. The van der Waals surface area contributed by atoms with Gasteiger partial charge in [0.1, 0.15) is 21.0 Å². The van der Waals surface area contributed by atoms with Crippen LogP contribution < -0.4 is 4.18 Å². The van der Waals surface area contributed by atoms with E-state index in [0.717, 1.165) is 22.3 Å². The van der Waals surface area contributed by atoms with Crippen molar-refractivity contribution in [1.82, 2.24) is 4.57 Å². The van der Waals surface area contributed by atoms with Crippen LogP contribution in [0.5, 0.6) is 5.75 Å². The molecule has 0 N–H and O–H groups in total. The third kappa shape index (κ3) is 3.97. The highest BCUT2D eigenvalue weighted by atomic mass is 127. The van der Waals surface area contributed by atoms with E-state index in [9.17, 15) is 0 Å². The molecular weight excluding hydrogens is 499 g/mol. The van der Waals surface area contributed by atoms with Gasteiger partial charge < -0.3 is 8.75 Å². The molecule has 3 rings (SSSR count). The molecule has 3 nitrogen and oxygen atoms in total. The first kappa shape index (κ1) is 17.4. The smallest absolute Gasteiger partial charge is 0.138 e. The molecule has 120 valence electrons. The van der Waals surface area contributed by atoms with Gasteiger partial charge in [-0.15, -0.1) is 0 Å². The largest absolute Gasteiger partial charge is 0.415 e. The van der Waals surface area contributed by atoms with Crippen molar-refractivity contribution in [3.05, 3.63) is 82.1 Å². The van der Waals surface area contributed by atoms with Crippen LogP contribution in [-0.4, -0.2) is 4.57 Å². The Hall–Kier alpha value is -1.43. The second-order valence-electron chi connectivity index (χ2n) is 5.12. The molecule has 0 aliphatic rings. The molecule has 0 aliphatic carbocycles.